The maximum Gasteiger partial charge on any atom is 0.251 e. The minimum absolute atomic E-state index is 0.127. The molecule has 0 aliphatic rings. The number of sulfonamides is 1. The SMILES string of the molecule is Cc1nc(CSc2ccc(C(=O)NCc3ccccc3S(=O)(=O)N(C)C)cc2)cs1. The van der Waals surface area contributed by atoms with Crippen LogP contribution in [0.1, 0.15) is 26.6 Å². The first-order valence-corrected chi connectivity index (χ1v) is 12.5. The van der Waals surface area contributed by atoms with E-state index in [4.69, 9.17) is 0 Å². The Bertz CT molecular complexity index is 1120. The number of thiazole rings is 1. The number of rotatable bonds is 8. The van der Waals surface area contributed by atoms with Gasteiger partial charge < -0.3 is 5.32 Å². The van der Waals surface area contributed by atoms with Gasteiger partial charge in [-0.05, 0) is 42.8 Å². The molecule has 158 valence electrons. The Labute approximate surface area is 185 Å². The summed E-state index contributed by atoms with van der Waals surface area (Å²) >= 11 is 3.30. The molecule has 2 aromatic carbocycles. The van der Waals surface area contributed by atoms with Crippen LogP contribution in [-0.4, -0.2) is 37.7 Å². The third-order valence-corrected chi connectivity index (χ3v) is 8.12. The van der Waals surface area contributed by atoms with Gasteiger partial charge in [0.25, 0.3) is 5.91 Å². The second-order valence-corrected chi connectivity index (χ2v) is 11.0. The van der Waals surface area contributed by atoms with Crippen LogP contribution in [0.15, 0.2) is 63.7 Å². The quantitative estimate of drug-likeness (QED) is 0.514. The minimum Gasteiger partial charge on any atom is -0.348 e. The van der Waals surface area contributed by atoms with Gasteiger partial charge in [-0.2, -0.15) is 0 Å². The van der Waals surface area contributed by atoms with Crippen molar-refractivity contribution >= 4 is 39.0 Å². The van der Waals surface area contributed by atoms with Crippen molar-refractivity contribution in [2.24, 2.45) is 0 Å². The van der Waals surface area contributed by atoms with Crippen LogP contribution in [0.25, 0.3) is 0 Å². The van der Waals surface area contributed by atoms with Gasteiger partial charge in [-0.1, -0.05) is 18.2 Å². The third-order valence-electron chi connectivity index (χ3n) is 4.34. The maximum absolute atomic E-state index is 12.5. The standard InChI is InChI=1S/C21H23N3O3S3/c1-15-23-18(13-28-15)14-29-19-10-8-16(9-11-19)21(25)22-12-17-6-4-5-7-20(17)30(26,27)24(2)3/h4-11,13H,12,14H2,1-3H3,(H,22,25). The van der Waals surface area contributed by atoms with Crippen LogP contribution < -0.4 is 5.32 Å². The molecule has 0 radical (unpaired) electrons. The molecule has 0 aliphatic heterocycles. The molecule has 0 spiro atoms. The van der Waals surface area contributed by atoms with Crippen molar-refractivity contribution in [2.45, 2.75) is 29.0 Å². The Morgan fingerprint density at radius 3 is 2.47 bits per heavy atom. The molecule has 1 aromatic heterocycles. The van der Waals surface area contributed by atoms with E-state index in [9.17, 15) is 13.2 Å². The molecule has 3 aromatic rings. The number of aromatic nitrogens is 1. The second-order valence-electron chi connectivity index (χ2n) is 6.75. The van der Waals surface area contributed by atoms with Crippen molar-refractivity contribution in [3.05, 3.63) is 75.7 Å². The molecule has 0 unspecified atom stereocenters. The lowest BCUT2D eigenvalue weighted by atomic mass is 10.2. The molecule has 30 heavy (non-hydrogen) atoms. The van der Waals surface area contributed by atoms with Gasteiger partial charge in [0, 0.05) is 42.2 Å². The highest BCUT2D eigenvalue weighted by Gasteiger charge is 2.20. The molecule has 0 bridgehead atoms. The number of aryl methyl sites for hydroxylation is 1. The van der Waals surface area contributed by atoms with Crippen LogP contribution in [-0.2, 0) is 22.3 Å². The lowest BCUT2D eigenvalue weighted by Gasteiger charge is -2.15. The number of carbonyl (C=O) groups is 1. The summed E-state index contributed by atoms with van der Waals surface area (Å²) in [6, 6.07) is 14.0. The van der Waals surface area contributed by atoms with Crippen molar-refractivity contribution in [3.8, 4) is 0 Å². The Hall–Kier alpha value is -2.20. The van der Waals surface area contributed by atoms with Crippen LogP contribution in [0.5, 0.6) is 0 Å². The van der Waals surface area contributed by atoms with Crippen molar-refractivity contribution < 1.29 is 13.2 Å². The smallest absolute Gasteiger partial charge is 0.251 e. The lowest BCUT2D eigenvalue weighted by molar-refractivity contribution is 0.0950. The fraction of sp³-hybridized carbons (Fsp3) is 0.238. The van der Waals surface area contributed by atoms with E-state index >= 15 is 0 Å². The number of hydrogen-bond acceptors (Lipinski definition) is 6. The molecule has 0 saturated heterocycles. The van der Waals surface area contributed by atoms with Gasteiger partial charge in [-0.25, -0.2) is 17.7 Å². The van der Waals surface area contributed by atoms with E-state index in [1.54, 1.807) is 59.5 Å². The molecular weight excluding hydrogens is 438 g/mol. The van der Waals surface area contributed by atoms with E-state index in [-0.39, 0.29) is 17.3 Å². The predicted octanol–water partition coefficient (Wildman–Crippen LogP) is 3.92. The zero-order chi connectivity index (χ0) is 21.7. The molecular formula is C21H23N3O3S3. The Balaban J connectivity index is 1.62. The van der Waals surface area contributed by atoms with E-state index in [0.29, 0.717) is 11.1 Å². The highest BCUT2D eigenvalue weighted by molar-refractivity contribution is 7.98. The molecule has 1 amide bonds. The summed E-state index contributed by atoms with van der Waals surface area (Å²) in [5.41, 5.74) is 2.12. The number of amides is 1. The van der Waals surface area contributed by atoms with E-state index in [1.165, 1.54) is 14.1 Å². The number of thioether (sulfide) groups is 1. The van der Waals surface area contributed by atoms with Crippen LogP contribution in [0, 0.1) is 6.92 Å². The number of hydrogen-bond donors (Lipinski definition) is 1. The van der Waals surface area contributed by atoms with E-state index in [1.807, 2.05) is 19.1 Å². The topological polar surface area (TPSA) is 79.4 Å². The van der Waals surface area contributed by atoms with Crippen LogP contribution in [0.2, 0.25) is 0 Å². The zero-order valence-corrected chi connectivity index (χ0v) is 19.4. The zero-order valence-electron chi connectivity index (χ0n) is 17.0. The molecule has 0 aliphatic carbocycles. The normalized spacial score (nSPS) is 11.6. The Kier molecular flexibility index (Phi) is 7.30. The average molecular weight is 462 g/mol. The van der Waals surface area contributed by atoms with Gasteiger partial charge in [0.2, 0.25) is 10.0 Å². The van der Waals surface area contributed by atoms with Crippen LogP contribution in [0.3, 0.4) is 0 Å². The van der Waals surface area contributed by atoms with E-state index in [0.717, 1.165) is 25.7 Å². The molecule has 0 saturated carbocycles. The molecule has 9 heteroatoms. The number of nitrogens with zero attached hydrogens (tertiary/aromatic N) is 2. The molecule has 1 heterocycles. The third kappa shape index (κ3) is 5.48. The lowest BCUT2D eigenvalue weighted by Crippen LogP contribution is -2.27. The van der Waals surface area contributed by atoms with Crippen LogP contribution >= 0.6 is 23.1 Å². The van der Waals surface area contributed by atoms with Gasteiger partial charge in [0.15, 0.2) is 0 Å². The number of carbonyl (C=O) groups excluding carboxylic acids is 1. The molecule has 0 fully saturated rings. The summed E-state index contributed by atoms with van der Waals surface area (Å²) in [6.45, 7) is 2.11. The largest absolute Gasteiger partial charge is 0.348 e. The van der Waals surface area contributed by atoms with E-state index < -0.39 is 10.0 Å². The highest BCUT2D eigenvalue weighted by Crippen LogP contribution is 2.24. The van der Waals surface area contributed by atoms with Crippen molar-refractivity contribution in [1.82, 2.24) is 14.6 Å². The van der Waals surface area contributed by atoms with Gasteiger partial charge in [-0.15, -0.1) is 23.1 Å². The average Bonchev–Trinajstić information content (AvgIpc) is 3.16. The van der Waals surface area contributed by atoms with Crippen LogP contribution in [0.4, 0.5) is 0 Å². The fourth-order valence-corrected chi connectivity index (χ4v) is 5.33. The van der Waals surface area contributed by atoms with Gasteiger partial charge in [0.05, 0.1) is 15.6 Å². The minimum atomic E-state index is -3.58. The Morgan fingerprint density at radius 1 is 1.13 bits per heavy atom. The van der Waals surface area contributed by atoms with Crippen molar-refractivity contribution in [2.75, 3.05) is 14.1 Å². The number of benzene rings is 2. The number of nitrogens with one attached hydrogen (secondary N) is 1. The highest BCUT2D eigenvalue weighted by atomic mass is 32.2. The van der Waals surface area contributed by atoms with Crippen molar-refractivity contribution in [3.63, 3.8) is 0 Å². The first-order chi connectivity index (χ1) is 14.3. The summed E-state index contributed by atoms with van der Waals surface area (Å²) in [7, 11) is -0.607. The summed E-state index contributed by atoms with van der Waals surface area (Å²) in [5, 5.41) is 5.92. The molecule has 3 rings (SSSR count). The second kappa shape index (κ2) is 9.74. The van der Waals surface area contributed by atoms with Gasteiger partial charge >= 0.3 is 0 Å². The summed E-state index contributed by atoms with van der Waals surface area (Å²) in [6.07, 6.45) is 0. The predicted molar refractivity (Wildman–Crippen MR) is 121 cm³/mol. The molecule has 0 atom stereocenters. The summed E-state index contributed by atoms with van der Waals surface area (Å²) in [5.74, 6) is 0.534. The molecule has 6 nitrogen and oxygen atoms in total. The van der Waals surface area contributed by atoms with E-state index in [2.05, 4.69) is 15.7 Å². The molecule has 1 N–H and O–H groups in total. The first kappa shape index (κ1) is 22.5. The first-order valence-electron chi connectivity index (χ1n) is 9.20. The maximum atomic E-state index is 12.5. The fourth-order valence-electron chi connectivity index (χ4n) is 2.71. The summed E-state index contributed by atoms with van der Waals surface area (Å²) in [4.78, 5) is 18.2. The van der Waals surface area contributed by atoms with Gasteiger partial charge in [-0.3, -0.25) is 4.79 Å². The Morgan fingerprint density at radius 2 is 1.83 bits per heavy atom. The monoisotopic (exact) mass is 461 g/mol. The van der Waals surface area contributed by atoms with Crippen molar-refractivity contribution in [1.29, 1.82) is 0 Å². The summed E-state index contributed by atoms with van der Waals surface area (Å²) < 4.78 is 26.1. The van der Waals surface area contributed by atoms with Gasteiger partial charge in [0.1, 0.15) is 0 Å².